The first kappa shape index (κ1) is 12.0. The van der Waals surface area contributed by atoms with Crippen LogP contribution >= 0.6 is 11.3 Å². The van der Waals surface area contributed by atoms with Gasteiger partial charge in [-0.25, -0.2) is 4.98 Å². The Balaban J connectivity index is 1.91. The number of hydrogen-bond acceptors (Lipinski definition) is 4. The molecule has 1 aliphatic rings. The van der Waals surface area contributed by atoms with Gasteiger partial charge in [0.2, 0.25) is 0 Å². The molecule has 2 rings (SSSR count). The SMILES string of the molecule is CCCC1CN(Cc2cscn2)C(C)CN1. The zero-order chi connectivity index (χ0) is 11.4. The van der Waals surface area contributed by atoms with Gasteiger partial charge in [-0.15, -0.1) is 11.3 Å². The Kier molecular flexibility index (Phi) is 4.32. The minimum atomic E-state index is 0.620. The molecule has 1 aliphatic heterocycles. The lowest BCUT2D eigenvalue weighted by Gasteiger charge is -2.38. The molecule has 1 N–H and O–H groups in total. The van der Waals surface area contributed by atoms with E-state index in [1.54, 1.807) is 11.3 Å². The molecule has 0 amide bonds. The third-order valence-corrected chi connectivity index (χ3v) is 3.90. The highest BCUT2D eigenvalue weighted by Gasteiger charge is 2.24. The lowest BCUT2D eigenvalue weighted by Crippen LogP contribution is -2.54. The summed E-state index contributed by atoms with van der Waals surface area (Å²) < 4.78 is 0. The third-order valence-electron chi connectivity index (χ3n) is 3.27. The van der Waals surface area contributed by atoms with Gasteiger partial charge in [0.25, 0.3) is 0 Å². The standard InChI is InChI=1S/C12H21N3S/c1-3-4-11-6-15(10(2)5-13-11)7-12-8-16-9-14-12/h8-11,13H,3-7H2,1-2H3. The molecule has 2 atom stereocenters. The summed E-state index contributed by atoms with van der Waals surface area (Å²) in [6.07, 6.45) is 2.54. The Bertz CT molecular complexity index is 299. The van der Waals surface area contributed by atoms with Crippen LogP contribution in [0.1, 0.15) is 32.4 Å². The van der Waals surface area contributed by atoms with Crippen LogP contribution in [0.2, 0.25) is 0 Å². The largest absolute Gasteiger partial charge is 0.311 e. The fourth-order valence-corrected chi connectivity index (χ4v) is 2.83. The Morgan fingerprint density at radius 1 is 1.62 bits per heavy atom. The molecule has 4 heteroatoms. The first-order valence-electron chi connectivity index (χ1n) is 6.14. The molecule has 1 aromatic heterocycles. The summed E-state index contributed by atoms with van der Waals surface area (Å²) in [5, 5.41) is 5.78. The summed E-state index contributed by atoms with van der Waals surface area (Å²) in [5.41, 5.74) is 3.14. The summed E-state index contributed by atoms with van der Waals surface area (Å²) in [7, 11) is 0. The second-order valence-electron chi connectivity index (χ2n) is 4.65. The van der Waals surface area contributed by atoms with Crippen molar-refractivity contribution in [1.82, 2.24) is 15.2 Å². The van der Waals surface area contributed by atoms with Crippen LogP contribution in [0.25, 0.3) is 0 Å². The van der Waals surface area contributed by atoms with E-state index in [4.69, 9.17) is 0 Å². The molecule has 16 heavy (non-hydrogen) atoms. The van der Waals surface area contributed by atoms with Gasteiger partial charge in [-0.2, -0.15) is 0 Å². The fourth-order valence-electron chi connectivity index (χ4n) is 2.28. The van der Waals surface area contributed by atoms with E-state index in [1.165, 1.54) is 18.5 Å². The predicted molar refractivity (Wildman–Crippen MR) is 68.7 cm³/mol. The van der Waals surface area contributed by atoms with E-state index in [9.17, 15) is 0 Å². The molecule has 0 radical (unpaired) electrons. The molecule has 0 spiro atoms. The van der Waals surface area contributed by atoms with Crippen LogP contribution < -0.4 is 5.32 Å². The van der Waals surface area contributed by atoms with Crippen LogP contribution in [0.3, 0.4) is 0 Å². The van der Waals surface area contributed by atoms with E-state index in [0.717, 1.165) is 19.6 Å². The van der Waals surface area contributed by atoms with Crippen molar-refractivity contribution in [3.05, 3.63) is 16.6 Å². The maximum absolute atomic E-state index is 4.37. The van der Waals surface area contributed by atoms with E-state index >= 15 is 0 Å². The predicted octanol–water partition coefficient (Wildman–Crippen LogP) is 2.11. The van der Waals surface area contributed by atoms with Crippen molar-refractivity contribution in [2.24, 2.45) is 0 Å². The number of nitrogens with one attached hydrogen (secondary N) is 1. The van der Waals surface area contributed by atoms with E-state index in [-0.39, 0.29) is 0 Å². The minimum absolute atomic E-state index is 0.620. The Morgan fingerprint density at radius 3 is 3.19 bits per heavy atom. The van der Waals surface area contributed by atoms with E-state index in [1.807, 2.05) is 5.51 Å². The summed E-state index contributed by atoms with van der Waals surface area (Å²) >= 11 is 1.69. The number of aromatic nitrogens is 1. The molecule has 0 aromatic carbocycles. The van der Waals surface area contributed by atoms with Gasteiger partial charge in [0.1, 0.15) is 0 Å². The van der Waals surface area contributed by atoms with Gasteiger partial charge in [-0.05, 0) is 13.3 Å². The summed E-state index contributed by atoms with van der Waals surface area (Å²) in [4.78, 5) is 6.92. The van der Waals surface area contributed by atoms with Crippen LogP contribution in [0, 0.1) is 0 Å². The highest BCUT2D eigenvalue weighted by Crippen LogP contribution is 2.14. The van der Waals surface area contributed by atoms with E-state index in [0.29, 0.717) is 12.1 Å². The van der Waals surface area contributed by atoms with E-state index < -0.39 is 0 Å². The van der Waals surface area contributed by atoms with Crippen molar-refractivity contribution in [3.63, 3.8) is 0 Å². The first-order valence-corrected chi connectivity index (χ1v) is 7.08. The van der Waals surface area contributed by atoms with Crippen molar-refractivity contribution >= 4 is 11.3 Å². The van der Waals surface area contributed by atoms with Crippen molar-refractivity contribution in [1.29, 1.82) is 0 Å². The maximum atomic E-state index is 4.37. The molecule has 1 fully saturated rings. The maximum Gasteiger partial charge on any atom is 0.0795 e. The van der Waals surface area contributed by atoms with Gasteiger partial charge in [-0.1, -0.05) is 13.3 Å². The minimum Gasteiger partial charge on any atom is -0.311 e. The first-order chi connectivity index (χ1) is 7.79. The molecular formula is C12H21N3S. The van der Waals surface area contributed by atoms with Gasteiger partial charge in [0.05, 0.1) is 11.2 Å². The molecule has 1 aromatic rings. The average Bonchev–Trinajstić information content (AvgIpc) is 2.76. The topological polar surface area (TPSA) is 28.2 Å². The molecule has 0 saturated carbocycles. The second-order valence-corrected chi connectivity index (χ2v) is 5.37. The summed E-state index contributed by atoms with van der Waals surface area (Å²) in [6, 6.07) is 1.29. The Hall–Kier alpha value is -0.450. The highest BCUT2D eigenvalue weighted by molar-refractivity contribution is 7.07. The Morgan fingerprint density at radius 2 is 2.50 bits per heavy atom. The quantitative estimate of drug-likeness (QED) is 0.872. The van der Waals surface area contributed by atoms with Crippen molar-refractivity contribution in [2.75, 3.05) is 13.1 Å². The van der Waals surface area contributed by atoms with Crippen LogP contribution in [-0.2, 0) is 6.54 Å². The average molecular weight is 239 g/mol. The van der Waals surface area contributed by atoms with Crippen LogP contribution in [0.15, 0.2) is 10.9 Å². The van der Waals surface area contributed by atoms with Crippen LogP contribution in [-0.4, -0.2) is 35.1 Å². The van der Waals surface area contributed by atoms with Gasteiger partial charge in [-0.3, -0.25) is 4.90 Å². The number of piperazine rings is 1. The summed E-state index contributed by atoms with van der Waals surface area (Å²) in [6.45, 7) is 7.82. The van der Waals surface area contributed by atoms with Gasteiger partial charge >= 0.3 is 0 Å². The van der Waals surface area contributed by atoms with Crippen LogP contribution in [0.5, 0.6) is 0 Å². The van der Waals surface area contributed by atoms with E-state index in [2.05, 4.69) is 34.4 Å². The lowest BCUT2D eigenvalue weighted by molar-refractivity contribution is 0.128. The summed E-state index contributed by atoms with van der Waals surface area (Å²) in [5.74, 6) is 0. The molecule has 0 aliphatic carbocycles. The Labute approximate surface area is 102 Å². The number of nitrogens with zero attached hydrogens (tertiary/aromatic N) is 2. The zero-order valence-corrected chi connectivity index (χ0v) is 11.0. The molecule has 2 unspecified atom stereocenters. The van der Waals surface area contributed by atoms with Gasteiger partial charge < -0.3 is 5.32 Å². The molecule has 3 nitrogen and oxygen atoms in total. The van der Waals surface area contributed by atoms with Crippen molar-refractivity contribution in [2.45, 2.75) is 45.3 Å². The fraction of sp³-hybridized carbons (Fsp3) is 0.750. The van der Waals surface area contributed by atoms with Crippen molar-refractivity contribution < 1.29 is 0 Å². The van der Waals surface area contributed by atoms with Crippen LogP contribution in [0.4, 0.5) is 0 Å². The normalized spacial score (nSPS) is 27.1. The second kappa shape index (κ2) is 5.75. The monoisotopic (exact) mass is 239 g/mol. The molecule has 1 saturated heterocycles. The zero-order valence-electron chi connectivity index (χ0n) is 10.1. The number of hydrogen-bond donors (Lipinski definition) is 1. The van der Waals surface area contributed by atoms with Crippen molar-refractivity contribution in [3.8, 4) is 0 Å². The smallest absolute Gasteiger partial charge is 0.0795 e. The highest BCUT2D eigenvalue weighted by atomic mass is 32.1. The third kappa shape index (κ3) is 3.03. The van der Waals surface area contributed by atoms with Gasteiger partial charge in [0.15, 0.2) is 0 Å². The van der Waals surface area contributed by atoms with Gasteiger partial charge in [0, 0.05) is 37.1 Å². The number of thiazole rings is 1. The molecule has 0 bridgehead atoms. The molecule has 90 valence electrons. The number of rotatable bonds is 4. The lowest BCUT2D eigenvalue weighted by atomic mass is 10.1. The molecule has 2 heterocycles. The molecular weight excluding hydrogens is 218 g/mol.